The highest BCUT2D eigenvalue weighted by Crippen LogP contribution is 2.17. The molecule has 0 fully saturated rings. The lowest BCUT2D eigenvalue weighted by Gasteiger charge is -2.08. The molecule has 1 atom stereocenters. The minimum Gasteiger partial charge on any atom is -0.383 e. The Bertz CT molecular complexity index is 364. The first-order valence-corrected chi connectivity index (χ1v) is 3.72. The van der Waals surface area contributed by atoms with Crippen molar-refractivity contribution >= 4 is 5.82 Å². The number of nitrogens with zero attached hydrogens (tertiary/aromatic N) is 2. The Kier molecular flexibility index (Phi) is 2.62. The quantitative estimate of drug-likeness (QED) is 0.646. The van der Waals surface area contributed by atoms with Crippen molar-refractivity contribution in [1.82, 2.24) is 4.98 Å². The molecular formula is C9H10N4. The zero-order chi connectivity index (χ0) is 9.84. The lowest BCUT2D eigenvalue weighted by atomic mass is 10.1. The van der Waals surface area contributed by atoms with Gasteiger partial charge in [0.2, 0.25) is 0 Å². The van der Waals surface area contributed by atoms with Crippen LogP contribution in [-0.4, -0.2) is 4.98 Å². The second-order valence-corrected chi connectivity index (χ2v) is 2.57. The van der Waals surface area contributed by atoms with Gasteiger partial charge in [-0.15, -0.1) is 6.58 Å². The highest BCUT2D eigenvalue weighted by atomic mass is 14.8. The summed E-state index contributed by atoms with van der Waals surface area (Å²) in [7, 11) is 0. The smallest absolute Gasteiger partial charge is 0.128 e. The Hall–Kier alpha value is -1.86. The SMILES string of the molecule is C=C[C@H](N)c1cc(C#N)cnc1N. The molecule has 0 unspecified atom stereocenters. The molecule has 0 radical (unpaired) electrons. The van der Waals surface area contributed by atoms with Gasteiger partial charge in [-0.1, -0.05) is 6.08 Å². The van der Waals surface area contributed by atoms with Crippen LogP contribution in [0.2, 0.25) is 0 Å². The highest BCUT2D eigenvalue weighted by Gasteiger charge is 2.07. The fraction of sp³-hybridized carbons (Fsp3) is 0.111. The van der Waals surface area contributed by atoms with Crippen molar-refractivity contribution < 1.29 is 0 Å². The van der Waals surface area contributed by atoms with E-state index in [1.807, 2.05) is 6.07 Å². The van der Waals surface area contributed by atoms with Crippen LogP contribution in [0.3, 0.4) is 0 Å². The number of aromatic nitrogens is 1. The van der Waals surface area contributed by atoms with Gasteiger partial charge in [-0.25, -0.2) is 4.98 Å². The molecule has 0 saturated carbocycles. The topological polar surface area (TPSA) is 88.7 Å². The maximum Gasteiger partial charge on any atom is 0.128 e. The van der Waals surface area contributed by atoms with Crippen LogP contribution in [-0.2, 0) is 0 Å². The molecule has 0 spiro atoms. The molecule has 0 saturated heterocycles. The summed E-state index contributed by atoms with van der Waals surface area (Å²) >= 11 is 0. The predicted molar refractivity (Wildman–Crippen MR) is 50.5 cm³/mol. The maximum absolute atomic E-state index is 8.61. The normalized spacial score (nSPS) is 11.7. The van der Waals surface area contributed by atoms with Gasteiger partial charge >= 0.3 is 0 Å². The van der Waals surface area contributed by atoms with Crippen LogP contribution in [0.1, 0.15) is 17.2 Å². The van der Waals surface area contributed by atoms with Gasteiger partial charge in [0.1, 0.15) is 11.9 Å². The van der Waals surface area contributed by atoms with E-state index in [0.29, 0.717) is 16.9 Å². The lowest BCUT2D eigenvalue weighted by Crippen LogP contribution is -2.10. The van der Waals surface area contributed by atoms with E-state index in [4.69, 9.17) is 16.7 Å². The first kappa shape index (κ1) is 9.23. The van der Waals surface area contributed by atoms with Crippen LogP contribution in [0.5, 0.6) is 0 Å². The minimum atomic E-state index is -0.374. The Morgan fingerprint density at radius 1 is 1.69 bits per heavy atom. The molecule has 4 heteroatoms. The predicted octanol–water partition coefficient (Wildman–Crippen LogP) is 0.721. The largest absolute Gasteiger partial charge is 0.383 e. The zero-order valence-corrected chi connectivity index (χ0v) is 7.07. The maximum atomic E-state index is 8.61. The number of hydrogen-bond acceptors (Lipinski definition) is 4. The second-order valence-electron chi connectivity index (χ2n) is 2.57. The minimum absolute atomic E-state index is 0.339. The second kappa shape index (κ2) is 3.70. The average molecular weight is 174 g/mol. The van der Waals surface area contributed by atoms with Crippen LogP contribution >= 0.6 is 0 Å². The molecule has 0 aliphatic rings. The van der Waals surface area contributed by atoms with Crippen molar-refractivity contribution in [3.63, 3.8) is 0 Å². The van der Waals surface area contributed by atoms with Crippen molar-refractivity contribution in [2.24, 2.45) is 5.73 Å². The van der Waals surface area contributed by atoms with Gasteiger partial charge in [0.05, 0.1) is 11.6 Å². The van der Waals surface area contributed by atoms with Crippen molar-refractivity contribution in [1.29, 1.82) is 5.26 Å². The fourth-order valence-electron chi connectivity index (χ4n) is 0.947. The van der Waals surface area contributed by atoms with E-state index in [1.165, 1.54) is 6.20 Å². The van der Waals surface area contributed by atoms with Crippen LogP contribution in [0.4, 0.5) is 5.82 Å². The number of nitrogens with two attached hydrogens (primary N) is 2. The standard InChI is InChI=1S/C9H10N4/c1-2-8(11)7-3-6(4-10)5-13-9(7)12/h2-3,5,8H,1,11H2,(H2,12,13)/t8-/m0/s1. The van der Waals surface area contributed by atoms with E-state index in [-0.39, 0.29) is 6.04 Å². The molecule has 1 aromatic rings. The average Bonchev–Trinajstić information content (AvgIpc) is 2.17. The van der Waals surface area contributed by atoms with Crippen molar-refractivity contribution in [3.8, 4) is 6.07 Å². The number of hydrogen-bond donors (Lipinski definition) is 2. The summed E-state index contributed by atoms with van der Waals surface area (Å²) < 4.78 is 0. The third kappa shape index (κ3) is 1.83. The fourth-order valence-corrected chi connectivity index (χ4v) is 0.947. The van der Waals surface area contributed by atoms with E-state index in [9.17, 15) is 0 Å². The molecular weight excluding hydrogens is 164 g/mol. The first-order chi connectivity index (χ1) is 6.19. The van der Waals surface area contributed by atoms with Crippen LogP contribution in [0.15, 0.2) is 24.9 Å². The zero-order valence-electron chi connectivity index (χ0n) is 7.07. The number of nitrogen functional groups attached to an aromatic ring is 1. The number of anilines is 1. The van der Waals surface area contributed by atoms with Gasteiger partial charge in [-0.3, -0.25) is 0 Å². The lowest BCUT2D eigenvalue weighted by molar-refractivity contribution is 0.908. The van der Waals surface area contributed by atoms with Gasteiger partial charge < -0.3 is 11.5 Å². The molecule has 0 aromatic carbocycles. The Labute approximate surface area is 76.5 Å². The summed E-state index contributed by atoms with van der Waals surface area (Å²) in [5.41, 5.74) is 12.3. The van der Waals surface area contributed by atoms with E-state index in [0.717, 1.165) is 0 Å². The summed E-state index contributed by atoms with van der Waals surface area (Å²) in [4.78, 5) is 3.85. The summed E-state index contributed by atoms with van der Waals surface area (Å²) in [5.74, 6) is 0.339. The van der Waals surface area contributed by atoms with Gasteiger partial charge in [0.25, 0.3) is 0 Å². The molecule has 4 nitrogen and oxygen atoms in total. The third-order valence-corrected chi connectivity index (χ3v) is 1.69. The first-order valence-electron chi connectivity index (χ1n) is 3.72. The van der Waals surface area contributed by atoms with E-state index in [2.05, 4.69) is 11.6 Å². The molecule has 1 heterocycles. The van der Waals surface area contributed by atoms with E-state index in [1.54, 1.807) is 12.1 Å². The number of rotatable bonds is 2. The molecule has 4 N–H and O–H groups in total. The summed E-state index contributed by atoms with van der Waals surface area (Å²) in [5, 5.41) is 8.61. The summed E-state index contributed by atoms with van der Waals surface area (Å²) in [6.45, 7) is 3.54. The third-order valence-electron chi connectivity index (χ3n) is 1.69. The Balaban J connectivity index is 3.20. The highest BCUT2D eigenvalue weighted by molar-refractivity contribution is 5.46. The van der Waals surface area contributed by atoms with Crippen LogP contribution < -0.4 is 11.5 Å². The number of pyridine rings is 1. The molecule has 0 aliphatic heterocycles. The van der Waals surface area contributed by atoms with E-state index < -0.39 is 0 Å². The van der Waals surface area contributed by atoms with Crippen molar-refractivity contribution in [2.45, 2.75) is 6.04 Å². The summed E-state index contributed by atoms with van der Waals surface area (Å²) in [6.07, 6.45) is 2.96. The molecule has 1 rings (SSSR count). The van der Waals surface area contributed by atoms with Gasteiger partial charge in [0.15, 0.2) is 0 Å². The molecule has 1 aromatic heterocycles. The summed E-state index contributed by atoms with van der Waals surface area (Å²) in [6, 6.07) is 3.21. The molecule has 0 bridgehead atoms. The molecule has 0 aliphatic carbocycles. The Morgan fingerprint density at radius 3 is 2.92 bits per heavy atom. The van der Waals surface area contributed by atoms with Gasteiger partial charge in [0, 0.05) is 11.8 Å². The molecule has 66 valence electrons. The van der Waals surface area contributed by atoms with Gasteiger partial charge in [-0.2, -0.15) is 5.26 Å². The van der Waals surface area contributed by atoms with Crippen molar-refractivity contribution in [2.75, 3.05) is 5.73 Å². The number of nitriles is 1. The van der Waals surface area contributed by atoms with Crippen LogP contribution in [0, 0.1) is 11.3 Å². The Morgan fingerprint density at radius 2 is 2.38 bits per heavy atom. The molecule has 13 heavy (non-hydrogen) atoms. The molecule has 0 amide bonds. The van der Waals surface area contributed by atoms with Crippen molar-refractivity contribution in [3.05, 3.63) is 36.0 Å². The van der Waals surface area contributed by atoms with E-state index >= 15 is 0 Å². The van der Waals surface area contributed by atoms with Crippen LogP contribution in [0.25, 0.3) is 0 Å². The monoisotopic (exact) mass is 174 g/mol. The van der Waals surface area contributed by atoms with Gasteiger partial charge in [-0.05, 0) is 6.07 Å².